The number of aliphatic imine (C=N–C) groups is 1. The van der Waals surface area contributed by atoms with Crippen molar-refractivity contribution in [3.8, 4) is 0 Å². The molecule has 0 aliphatic carbocycles. The number of benzene rings is 1. The highest BCUT2D eigenvalue weighted by Crippen LogP contribution is 2.22. The van der Waals surface area contributed by atoms with E-state index in [0.29, 0.717) is 31.3 Å². The number of ether oxygens (including phenoxy) is 1. The van der Waals surface area contributed by atoms with Gasteiger partial charge in [-0.3, -0.25) is 4.79 Å². The van der Waals surface area contributed by atoms with Gasteiger partial charge in [-0.25, -0.2) is 4.79 Å². The number of halogens is 1. The number of nitrogens with zero attached hydrogens (tertiary/aromatic N) is 2. The molecule has 1 fully saturated rings. The molecule has 2 rings (SSSR count). The van der Waals surface area contributed by atoms with Crippen LogP contribution < -0.4 is 16.8 Å². The van der Waals surface area contributed by atoms with Crippen LogP contribution in [-0.2, 0) is 4.74 Å². The first-order chi connectivity index (χ1) is 10.5. The zero-order valence-corrected chi connectivity index (χ0v) is 12.5. The van der Waals surface area contributed by atoms with Gasteiger partial charge in [-0.2, -0.15) is 4.99 Å². The molecular formula is C13H16ClN5O3. The highest BCUT2D eigenvalue weighted by Gasteiger charge is 2.19. The maximum absolute atomic E-state index is 12.2. The summed E-state index contributed by atoms with van der Waals surface area (Å²) in [6.07, 6.45) is 0. The van der Waals surface area contributed by atoms with Gasteiger partial charge in [0.05, 0.1) is 24.5 Å². The third kappa shape index (κ3) is 4.09. The summed E-state index contributed by atoms with van der Waals surface area (Å²) >= 11 is 5.88. The number of nitrogens with one attached hydrogen (secondary N) is 1. The fraction of sp³-hybridized carbons (Fsp3) is 0.308. The monoisotopic (exact) mass is 325 g/mol. The van der Waals surface area contributed by atoms with Crippen molar-refractivity contribution in [3.05, 3.63) is 28.8 Å². The molecule has 5 N–H and O–H groups in total. The first-order valence-corrected chi connectivity index (χ1v) is 6.92. The number of hydrogen-bond donors (Lipinski definition) is 3. The van der Waals surface area contributed by atoms with Gasteiger partial charge in [0.2, 0.25) is 0 Å². The minimum atomic E-state index is -0.681. The van der Waals surface area contributed by atoms with Crippen LogP contribution in [0.25, 0.3) is 0 Å². The van der Waals surface area contributed by atoms with E-state index in [1.165, 1.54) is 12.1 Å². The predicted molar refractivity (Wildman–Crippen MR) is 83.0 cm³/mol. The molecule has 0 atom stereocenters. The van der Waals surface area contributed by atoms with Crippen molar-refractivity contribution in [2.45, 2.75) is 0 Å². The molecule has 1 aromatic carbocycles. The molecule has 1 heterocycles. The van der Waals surface area contributed by atoms with Crippen LogP contribution >= 0.6 is 11.6 Å². The Morgan fingerprint density at radius 1 is 1.27 bits per heavy atom. The Balaban J connectivity index is 2.21. The SMILES string of the molecule is NC(N)=NC(=O)c1cc(Cl)ccc1NC(=O)N1CCOCC1. The molecule has 0 radical (unpaired) electrons. The second kappa shape index (κ2) is 7.10. The van der Waals surface area contributed by atoms with E-state index in [0.717, 1.165) is 0 Å². The number of anilines is 1. The van der Waals surface area contributed by atoms with Crippen molar-refractivity contribution in [3.63, 3.8) is 0 Å². The number of morpholine rings is 1. The van der Waals surface area contributed by atoms with Crippen molar-refractivity contribution in [2.24, 2.45) is 16.5 Å². The zero-order valence-electron chi connectivity index (χ0n) is 11.7. The van der Waals surface area contributed by atoms with E-state index in [2.05, 4.69) is 10.3 Å². The molecule has 0 saturated carbocycles. The first-order valence-electron chi connectivity index (χ1n) is 6.54. The molecule has 118 valence electrons. The van der Waals surface area contributed by atoms with Crippen LogP contribution in [0.4, 0.5) is 10.5 Å². The molecule has 8 nitrogen and oxygen atoms in total. The average Bonchev–Trinajstić information content (AvgIpc) is 2.49. The number of amides is 3. The summed E-state index contributed by atoms with van der Waals surface area (Å²) in [5.74, 6) is -1.05. The van der Waals surface area contributed by atoms with Crippen molar-refractivity contribution >= 4 is 35.2 Å². The largest absolute Gasteiger partial charge is 0.378 e. The highest BCUT2D eigenvalue weighted by atomic mass is 35.5. The third-order valence-corrected chi connectivity index (χ3v) is 3.22. The number of nitrogens with two attached hydrogens (primary N) is 2. The molecule has 0 aromatic heterocycles. The molecule has 9 heteroatoms. The van der Waals surface area contributed by atoms with E-state index >= 15 is 0 Å². The van der Waals surface area contributed by atoms with Crippen LogP contribution in [0.5, 0.6) is 0 Å². The lowest BCUT2D eigenvalue weighted by molar-refractivity contribution is 0.0564. The van der Waals surface area contributed by atoms with Crippen LogP contribution in [0.3, 0.4) is 0 Å². The summed E-state index contributed by atoms with van der Waals surface area (Å²) in [6.45, 7) is 1.93. The quantitative estimate of drug-likeness (QED) is 0.543. The van der Waals surface area contributed by atoms with E-state index < -0.39 is 5.91 Å². The smallest absolute Gasteiger partial charge is 0.322 e. The van der Waals surface area contributed by atoms with Gasteiger partial charge in [0.1, 0.15) is 0 Å². The van der Waals surface area contributed by atoms with Gasteiger partial charge in [0, 0.05) is 18.1 Å². The van der Waals surface area contributed by atoms with Gasteiger partial charge in [-0.05, 0) is 18.2 Å². The molecule has 1 aromatic rings. The van der Waals surface area contributed by atoms with Gasteiger partial charge >= 0.3 is 6.03 Å². The summed E-state index contributed by atoms with van der Waals surface area (Å²) in [6, 6.07) is 4.15. The first kappa shape index (κ1) is 16.1. The molecule has 1 aliphatic rings. The van der Waals surface area contributed by atoms with Crippen LogP contribution in [0.2, 0.25) is 5.02 Å². The molecule has 1 saturated heterocycles. The number of carbonyl (C=O) groups is 2. The molecular weight excluding hydrogens is 310 g/mol. The number of guanidine groups is 1. The van der Waals surface area contributed by atoms with Crippen LogP contribution in [0, 0.1) is 0 Å². The molecule has 0 bridgehead atoms. The van der Waals surface area contributed by atoms with Gasteiger partial charge in [-0.1, -0.05) is 11.6 Å². The number of carbonyl (C=O) groups excluding carboxylic acids is 2. The van der Waals surface area contributed by atoms with E-state index in [1.807, 2.05) is 0 Å². The summed E-state index contributed by atoms with van der Waals surface area (Å²) in [5.41, 5.74) is 10.8. The Morgan fingerprint density at radius 2 is 1.95 bits per heavy atom. The van der Waals surface area contributed by atoms with E-state index in [4.69, 9.17) is 27.8 Å². The molecule has 0 spiro atoms. The van der Waals surface area contributed by atoms with E-state index in [-0.39, 0.29) is 23.2 Å². The van der Waals surface area contributed by atoms with Gasteiger partial charge in [0.15, 0.2) is 5.96 Å². The predicted octanol–water partition coefficient (Wildman–Crippen LogP) is 0.618. The zero-order chi connectivity index (χ0) is 16.1. The number of hydrogen-bond acceptors (Lipinski definition) is 3. The summed E-state index contributed by atoms with van der Waals surface area (Å²) in [4.78, 5) is 29.2. The second-order valence-electron chi connectivity index (χ2n) is 4.56. The summed E-state index contributed by atoms with van der Waals surface area (Å²) in [5, 5.41) is 2.99. The van der Waals surface area contributed by atoms with Crippen molar-refractivity contribution in [1.29, 1.82) is 0 Å². The summed E-state index contributed by atoms with van der Waals surface area (Å²) in [7, 11) is 0. The van der Waals surface area contributed by atoms with Crippen LogP contribution in [0.1, 0.15) is 10.4 Å². The lowest BCUT2D eigenvalue weighted by Gasteiger charge is -2.27. The van der Waals surface area contributed by atoms with Gasteiger partial charge in [-0.15, -0.1) is 0 Å². The number of urea groups is 1. The highest BCUT2D eigenvalue weighted by molar-refractivity contribution is 6.31. The Kier molecular flexibility index (Phi) is 5.18. The summed E-state index contributed by atoms with van der Waals surface area (Å²) < 4.78 is 5.18. The molecule has 3 amide bonds. The minimum Gasteiger partial charge on any atom is -0.378 e. The van der Waals surface area contributed by atoms with Gasteiger partial charge < -0.3 is 26.4 Å². The second-order valence-corrected chi connectivity index (χ2v) is 5.00. The van der Waals surface area contributed by atoms with Crippen LogP contribution in [-0.4, -0.2) is 49.1 Å². The van der Waals surface area contributed by atoms with Gasteiger partial charge in [0.25, 0.3) is 5.91 Å². The Labute approximate surface area is 132 Å². The number of rotatable bonds is 2. The topological polar surface area (TPSA) is 123 Å². The third-order valence-electron chi connectivity index (χ3n) is 2.98. The Morgan fingerprint density at radius 3 is 2.59 bits per heavy atom. The normalized spacial score (nSPS) is 14.3. The maximum Gasteiger partial charge on any atom is 0.322 e. The molecule has 1 aliphatic heterocycles. The molecule has 22 heavy (non-hydrogen) atoms. The van der Waals surface area contributed by atoms with Crippen molar-refractivity contribution in [2.75, 3.05) is 31.6 Å². The van der Waals surface area contributed by atoms with Crippen molar-refractivity contribution in [1.82, 2.24) is 4.90 Å². The fourth-order valence-electron chi connectivity index (χ4n) is 1.94. The average molecular weight is 326 g/mol. The lowest BCUT2D eigenvalue weighted by Crippen LogP contribution is -2.43. The van der Waals surface area contributed by atoms with Crippen molar-refractivity contribution < 1.29 is 14.3 Å². The lowest BCUT2D eigenvalue weighted by atomic mass is 10.1. The van der Waals surface area contributed by atoms with Crippen LogP contribution in [0.15, 0.2) is 23.2 Å². The van der Waals surface area contributed by atoms with E-state index in [9.17, 15) is 9.59 Å². The maximum atomic E-state index is 12.2. The Bertz CT molecular complexity index is 610. The fourth-order valence-corrected chi connectivity index (χ4v) is 2.11. The minimum absolute atomic E-state index is 0.113. The standard InChI is InChI=1S/C13H16ClN5O3/c14-8-1-2-10(9(7-8)11(20)18-12(15)16)17-13(21)19-3-5-22-6-4-19/h1-2,7H,3-6H2,(H,17,21)(H4,15,16,18,20). The van der Waals surface area contributed by atoms with E-state index in [1.54, 1.807) is 11.0 Å². The Hall–Kier alpha value is -2.32. The molecule has 0 unspecified atom stereocenters.